The minimum atomic E-state index is -0.373. The van der Waals surface area contributed by atoms with Gasteiger partial charge in [-0.2, -0.15) is 4.40 Å². The van der Waals surface area contributed by atoms with E-state index < -0.39 is 0 Å². The molecule has 8 nitrogen and oxygen atoms in total. The van der Waals surface area contributed by atoms with Gasteiger partial charge in [0.15, 0.2) is 22.5 Å². The number of fused-ring (bicyclic) bond motifs is 5. The summed E-state index contributed by atoms with van der Waals surface area (Å²) in [6, 6.07) is 20.8. The van der Waals surface area contributed by atoms with Gasteiger partial charge >= 0.3 is 0 Å². The summed E-state index contributed by atoms with van der Waals surface area (Å²) in [6.45, 7) is 0.562. The molecule has 0 radical (unpaired) electrons. The molecule has 2 aromatic heterocycles. The Morgan fingerprint density at radius 3 is 2.24 bits per heavy atom. The second-order valence-corrected chi connectivity index (χ2v) is 7.64. The predicted octanol–water partition coefficient (Wildman–Crippen LogP) is 1.52. The fourth-order valence-corrected chi connectivity index (χ4v) is 4.40. The number of benzene rings is 3. The molecule has 0 aliphatic carbocycles. The van der Waals surface area contributed by atoms with Crippen LogP contribution in [-0.2, 0) is 6.54 Å². The topological polar surface area (TPSA) is 79.9 Å². The zero-order valence-electron chi connectivity index (χ0n) is 18.8. The van der Waals surface area contributed by atoms with Gasteiger partial charge in [-0.25, -0.2) is 4.57 Å². The van der Waals surface area contributed by atoms with Crippen LogP contribution in [-0.4, -0.2) is 30.8 Å². The summed E-state index contributed by atoms with van der Waals surface area (Å²) in [4.78, 5) is 10.9. The Labute approximate surface area is 201 Å². The highest BCUT2D eigenvalue weighted by atomic mass is 35.5. The van der Waals surface area contributed by atoms with E-state index in [4.69, 9.17) is 14.2 Å². The maximum atomic E-state index is 11.2. The summed E-state index contributed by atoms with van der Waals surface area (Å²) in [5, 5.41) is 12.0. The molecule has 0 unspecified atom stereocenters. The Morgan fingerprint density at radius 1 is 0.882 bits per heavy atom. The van der Waals surface area contributed by atoms with Crippen LogP contribution in [0.2, 0.25) is 0 Å². The third-order valence-electron chi connectivity index (χ3n) is 5.86. The number of para-hydroxylation sites is 2. The van der Waals surface area contributed by atoms with E-state index >= 15 is 0 Å². The summed E-state index contributed by atoms with van der Waals surface area (Å²) >= 11 is 0. The molecule has 0 spiro atoms. The molecule has 0 N–H and O–H groups in total. The van der Waals surface area contributed by atoms with Crippen molar-refractivity contribution in [1.82, 2.24) is 4.57 Å². The van der Waals surface area contributed by atoms with E-state index in [1.807, 2.05) is 36.4 Å². The molecule has 0 atom stereocenters. The molecule has 0 saturated heterocycles. The summed E-state index contributed by atoms with van der Waals surface area (Å²) in [5.41, 5.74) is 4.97. The van der Waals surface area contributed by atoms with Crippen molar-refractivity contribution in [2.24, 2.45) is 0 Å². The highest BCUT2D eigenvalue weighted by Gasteiger charge is 2.23. The lowest BCUT2D eigenvalue weighted by Gasteiger charge is -2.13. The van der Waals surface area contributed by atoms with Gasteiger partial charge in [0.25, 0.3) is 11.3 Å². The molecule has 3 aromatic carbocycles. The van der Waals surface area contributed by atoms with Crippen LogP contribution < -0.4 is 31.0 Å². The number of aromatic nitrogens is 2. The molecule has 0 amide bonds. The van der Waals surface area contributed by atoms with Gasteiger partial charge in [0.2, 0.25) is 5.75 Å². The number of hydrogen-bond acceptors (Lipinski definition) is 5. The van der Waals surface area contributed by atoms with E-state index in [0.717, 1.165) is 33.1 Å². The van der Waals surface area contributed by atoms with E-state index in [-0.39, 0.29) is 23.0 Å². The Kier molecular flexibility index (Phi) is 6.17. The van der Waals surface area contributed by atoms with Crippen molar-refractivity contribution in [2.45, 2.75) is 6.54 Å². The monoisotopic (exact) mass is 479 g/mol. The summed E-state index contributed by atoms with van der Waals surface area (Å²) in [5.74, 6) is 1.74. The first-order valence-electron chi connectivity index (χ1n) is 10.3. The van der Waals surface area contributed by atoms with Gasteiger partial charge < -0.3 is 26.6 Å². The van der Waals surface area contributed by atoms with E-state index in [2.05, 4.69) is 21.1 Å². The number of pyridine rings is 1. The number of nitro benzene ring substituents is 1. The van der Waals surface area contributed by atoms with Crippen molar-refractivity contribution in [3.8, 4) is 17.2 Å². The lowest BCUT2D eigenvalue weighted by molar-refractivity contribution is -0.450. The summed E-state index contributed by atoms with van der Waals surface area (Å²) < 4.78 is 20.8. The second-order valence-electron chi connectivity index (χ2n) is 7.64. The van der Waals surface area contributed by atoms with E-state index in [0.29, 0.717) is 23.8 Å². The van der Waals surface area contributed by atoms with Crippen LogP contribution >= 0.6 is 0 Å². The van der Waals surface area contributed by atoms with Gasteiger partial charge in [0, 0.05) is 29.1 Å². The number of imidazole rings is 1. The molecule has 5 rings (SSSR count). The van der Waals surface area contributed by atoms with Gasteiger partial charge in [-0.05, 0) is 36.4 Å². The highest BCUT2D eigenvalue weighted by molar-refractivity contribution is 5.84. The molecule has 2 heterocycles. The van der Waals surface area contributed by atoms with Crippen molar-refractivity contribution in [1.29, 1.82) is 0 Å². The van der Waals surface area contributed by atoms with Gasteiger partial charge in [0.05, 0.1) is 26.3 Å². The van der Waals surface area contributed by atoms with E-state index in [1.165, 1.54) is 0 Å². The Bertz CT molecular complexity index is 1520. The van der Waals surface area contributed by atoms with Crippen molar-refractivity contribution in [2.75, 3.05) is 21.3 Å². The molecule has 5 aromatic rings. The number of methoxy groups -OCH3 is 3. The van der Waals surface area contributed by atoms with Crippen molar-refractivity contribution in [3.05, 3.63) is 82.4 Å². The highest BCUT2D eigenvalue weighted by Crippen LogP contribution is 2.38. The minimum Gasteiger partial charge on any atom is -1.00 e. The standard InChI is InChI=1S/C25H22N3O5.ClH/c1-31-22-12-16(13-23(32-2)25(22)33-3)15-26-20-6-4-5-7-21(20)27-19-10-9-18(28(29)30)14-17(19)8-11-24(26)27;/h4-14H,15H2,1-3H3;1H/q+1;/p-1. The molecular formula is C25H22ClN3O5. The van der Waals surface area contributed by atoms with Crippen LogP contribution in [0.25, 0.3) is 27.6 Å². The third kappa shape index (κ3) is 3.62. The number of rotatable bonds is 6. The van der Waals surface area contributed by atoms with Crippen molar-refractivity contribution in [3.63, 3.8) is 0 Å². The first kappa shape index (κ1) is 23.1. The molecule has 0 fully saturated rings. The van der Waals surface area contributed by atoms with E-state index in [1.54, 1.807) is 39.5 Å². The molecular weight excluding hydrogens is 458 g/mol. The Hall–Kier alpha value is -4.04. The van der Waals surface area contributed by atoms with Gasteiger partial charge in [-0.15, -0.1) is 0 Å². The minimum absolute atomic E-state index is 0. The molecule has 0 aliphatic rings. The number of non-ortho nitro benzene ring substituents is 1. The number of ether oxygens (including phenoxy) is 3. The third-order valence-corrected chi connectivity index (χ3v) is 5.86. The number of nitrogens with zero attached hydrogens (tertiary/aromatic N) is 3. The van der Waals surface area contributed by atoms with Crippen LogP contribution in [0.3, 0.4) is 0 Å². The van der Waals surface area contributed by atoms with E-state index in [9.17, 15) is 10.1 Å². The van der Waals surface area contributed by atoms with Crippen molar-refractivity contribution >= 4 is 33.3 Å². The van der Waals surface area contributed by atoms with Crippen LogP contribution in [0, 0.1) is 10.1 Å². The Balaban J connectivity index is 0.00000274. The normalized spacial score (nSPS) is 10.9. The lowest BCUT2D eigenvalue weighted by Crippen LogP contribution is -3.00. The molecule has 9 heteroatoms. The maximum absolute atomic E-state index is 11.2. The average Bonchev–Trinajstić information content (AvgIpc) is 3.16. The largest absolute Gasteiger partial charge is 1.00 e. The lowest BCUT2D eigenvalue weighted by atomic mass is 10.1. The van der Waals surface area contributed by atoms with Crippen LogP contribution in [0.1, 0.15) is 5.56 Å². The van der Waals surface area contributed by atoms with Crippen LogP contribution in [0.4, 0.5) is 5.69 Å². The fourth-order valence-electron chi connectivity index (χ4n) is 4.40. The number of halogens is 1. The average molecular weight is 480 g/mol. The van der Waals surface area contributed by atoms with Crippen LogP contribution in [0.15, 0.2) is 66.7 Å². The van der Waals surface area contributed by atoms with Gasteiger partial charge in [-0.1, -0.05) is 12.1 Å². The zero-order chi connectivity index (χ0) is 23.1. The quantitative estimate of drug-likeness (QED) is 0.209. The first-order valence-corrected chi connectivity index (χ1v) is 10.3. The smallest absolute Gasteiger partial charge is 0.287 e. The summed E-state index contributed by atoms with van der Waals surface area (Å²) in [6.07, 6.45) is 0. The molecule has 174 valence electrons. The number of hydrogen-bond donors (Lipinski definition) is 0. The molecule has 34 heavy (non-hydrogen) atoms. The van der Waals surface area contributed by atoms with Crippen LogP contribution in [0.5, 0.6) is 17.2 Å². The molecule has 0 bridgehead atoms. The van der Waals surface area contributed by atoms with Crippen molar-refractivity contribution < 1.29 is 35.9 Å². The van der Waals surface area contributed by atoms with Gasteiger partial charge in [-0.3, -0.25) is 10.1 Å². The SMILES string of the molecule is COc1cc(Cn2c3ccccc3[n+]3c4ccc([N+](=O)[O-])cc4ccc23)cc(OC)c1OC.[Cl-]. The second kappa shape index (κ2) is 9.07. The molecule has 0 saturated carbocycles. The zero-order valence-corrected chi connectivity index (χ0v) is 19.6. The Morgan fingerprint density at radius 2 is 1.59 bits per heavy atom. The predicted molar refractivity (Wildman–Crippen MR) is 124 cm³/mol. The maximum Gasteiger partial charge on any atom is 0.287 e. The van der Waals surface area contributed by atoms with Gasteiger partial charge in [0.1, 0.15) is 12.1 Å². The first-order chi connectivity index (χ1) is 16.0. The fraction of sp³-hybridized carbons (Fsp3) is 0.160. The molecule has 0 aliphatic heterocycles. The number of nitro groups is 1. The summed E-state index contributed by atoms with van der Waals surface area (Å²) in [7, 11) is 4.78.